The van der Waals surface area contributed by atoms with Gasteiger partial charge in [0.05, 0.1) is 17.7 Å². The van der Waals surface area contributed by atoms with E-state index < -0.39 is 5.82 Å². The Morgan fingerprint density at radius 1 is 1.40 bits per heavy atom. The number of nitrogens with one attached hydrogen (secondary N) is 1. The van der Waals surface area contributed by atoms with E-state index in [9.17, 15) is 9.18 Å². The fourth-order valence-corrected chi connectivity index (χ4v) is 2.48. The highest BCUT2D eigenvalue weighted by Crippen LogP contribution is 2.20. The maximum Gasteiger partial charge on any atom is 0.142 e. The number of rotatable bonds is 6. The van der Waals surface area contributed by atoms with Crippen molar-refractivity contribution in [1.82, 2.24) is 5.32 Å². The van der Waals surface area contributed by atoms with Gasteiger partial charge in [-0.05, 0) is 37.6 Å². The number of halogens is 2. The van der Waals surface area contributed by atoms with Crippen LogP contribution in [0.15, 0.2) is 18.2 Å². The van der Waals surface area contributed by atoms with E-state index in [4.69, 9.17) is 16.3 Å². The molecule has 0 atom stereocenters. The molecule has 0 spiro atoms. The molecule has 1 saturated heterocycles. The fourth-order valence-electron chi connectivity index (χ4n) is 2.29. The Kier molecular flexibility index (Phi) is 5.95. The highest BCUT2D eigenvalue weighted by molar-refractivity contribution is 6.31. The van der Waals surface area contributed by atoms with E-state index in [1.165, 1.54) is 6.07 Å². The Morgan fingerprint density at radius 2 is 2.15 bits per heavy atom. The molecule has 0 bridgehead atoms. The molecule has 0 radical (unpaired) electrons. The first-order valence-electron chi connectivity index (χ1n) is 6.93. The third-order valence-electron chi connectivity index (χ3n) is 3.44. The summed E-state index contributed by atoms with van der Waals surface area (Å²) in [6.07, 6.45) is 2.73. The number of ketones is 1. The summed E-state index contributed by atoms with van der Waals surface area (Å²) in [5.41, 5.74) is 0.540. The number of benzene rings is 1. The number of piperidine rings is 1. The van der Waals surface area contributed by atoms with Gasteiger partial charge < -0.3 is 10.1 Å². The molecule has 3 nitrogen and oxygen atoms in total. The van der Waals surface area contributed by atoms with Gasteiger partial charge in [-0.2, -0.15) is 0 Å². The van der Waals surface area contributed by atoms with E-state index in [2.05, 4.69) is 5.32 Å². The number of Topliss-reactive ketones (excluding diaryl/α,β-unsaturated/α-hetero) is 1. The zero-order chi connectivity index (χ0) is 14.4. The molecule has 5 heteroatoms. The van der Waals surface area contributed by atoms with E-state index in [0.29, 0.717) is 18.6 Å². The van der Waals surface area contributed by atoms with Crippen LogP contribution in [0.2, 0.25) is 5.02 Å². The molecule has 0 amide bonds. The molecular formula is C15H19ClFNO2. The van der Waals surface area contributed by atoms with Crippen LogP contribution in [0.4, 0.5) is 4.39 Å². The molecule has 2 rings (SSSR count). The van der Waals surface area contributed by atoms with Crippen LogP contribution in [0.25, 0.3) is 0 Å². The minimum atomic E-state index is -0.483. The Bertz CT molecular complexity index is 461. The Balaban J connectivity index is 1.73. The van der Waals surface area contributed by atoms with E-state index in [0.717, 1.165) is 25.9 Å². The Morgan fingerprint density at radius 3 is 2.90 bits per heavy atom. The summed E-state index contributed by atoms with van der Waals surface area (Å²) in [6, 6.07) is 4.53. The number of hydrogen-bond acceptors (Lipinski definition) is 3. The first kappa shape index (κ1) is 15.4. The van der Waals surface area contributed by atoms with Gasteiger partial charge in [-0.25, -0.2) is 4.39 Å². The van der Waals surface area contributed by atoms with Crippen LogP contribution in [0.3, 0.4) is 0 Å². The lowest BCUT2D eigenvalue weighted by atomic mass is 10.1. The SMILES string of the molecule is O=C(CCOC1CCNCC1)Cc1cccc(F)c1Cl. The van der Waals surface area contributed by atoms with Crippen molar-refractivity contribution in [3.05, 3.63) is 34.6 Å². The molecule has 1 aliphatic rings. The van der Waals surface area contributed by atoms with E-state index in [-0.39, 0.29) is 23.3 Å². The minimum absolute atomic E-state index is 0.0198. The third kappa shape index (κ3) is 4.54. The molecule has 1 heterocycles. The summed E-state index contributed by atoms with van der Waals surface area (Å²) in [4.78, 5) is 11.8. The predicted octanol–water partition coefficient (Wildman–Crippen LogP) is 2.75. The van der Waals surface area contributed by atoms with Gasteiger partial charge in [0.15, 0.2) is 0 Å². The number of carbonyl (C=O) groups is 1. The topological polar surface area (TPSA) is 38.3 Å². The van der Waals surface area contributed by atoms with Crippen molar-refractivity contribution >= 4 is 17.4 Å². The third-order valence-corrected chi connectivity index (χ3v) is 3.86. The molecule has 1 aromatic carbocycles. The molecule has 0 unspecified atom stereocenters. The summed E-state index contributed by atoms with van der Waals surface area (Å²) in [6.45, 7) is 2.37. The molecule has 1 aromatic rings. The highest BCUT2D eigenvalue weighted by Gasteiger charge is 2.14. The molecule has 1 fully saturated rings. The molecule has 110 valence electrons. The first-order valence-corrected chi connectivity index (χ1v) is 7.31. The number of carbonyl (C=O) groups excluding carboxylic acids is 1. The van der Waals surface area contributed by atoms with Crippen LogP contribution in [-0.2, 0) is 16.0 Å². The summed E-state index contributed by atoms with van der Waals surface area (Å²) in [5.74, 6) is -0.464. The normalized spacial score (nSPS) is 16.3. The van der Waals surface area contributed by atoms with E-state index in [1.807, 2.05) is 0 Å². The molecule has 0 aromatic heterocycles. The molecule has 1 aliphatic heterocycles. The molecule has 0 aliphatic carbocycles. The summed E-state index contributed by atoms with van der Waals surface area (Å²) in [5, 5.41) is 3.30. The van der Waals surface area contributed by atoms with Gasteiger partial charge in [0, 0.05) is 12.8 Å². The Hall–Kier alpha value is -0.970. The van der Waals surface area contributed by atoms with Crippen LogP contribution < -0.4 is 5.32 Å². The zero-order valence-corrected chi connectivity index (χ0v) is 12.1. The van der Waals surface area contributed by atoms with E-state index >= 15 is 0 Å². The monoisotopic (exact) mass is 299 g/mol. The van der Waals surface area contributed by atoms with Crippen LogP contribution >= 0.6 is 11.6 Å². The quantitative estimate of drug-likeness (QED) is 0.878. The van der Waals surface area contributed by atoms with Crippen LogP contribution in [-0.4, -0.2) is 31.6 Å². The van der Waals surface area contributed by atoms with Crippen molar-refractivity contribution in [1.29, 1.82) is 0 Å². The fraction of sp³-hybridized carbons (Fsp3) is 0.533. The van der Waals surface area contributed by atoms with E-state index in [1.54, 1.807) is 12.1 Å². The van der Waals surface area contributed by atoms with Gasteiger partial charge in [0.25, 0.3) is 0 Å². The zero-order valence-electron chi connectivity index (χ0n) is 11.3. The second kappa shape index (κ2) is 7.72. The predicted molar refractivity (Wildman–Crippen MR) is 76.6 cm³/mol. The van der Waals surface area contributed by atoms with Crippen LogP contribution in [0.5, 0.6) is 0 Å². The number of hydrogen-bond donors (Lipinski definition) is 1. The van der Waals surface area contributed by atoms with Crippen molar-refractivity contribution < 1.29 is 13.9 Å². The first-order chi connectivity index (χ1) is 9.66. The highest BCUT2D eigenvalue weighted by atomic mass is 35.5. The largest absolute Gasteiger partial charge is 0.378 e. The van der Waals surface area contributed by atoms with Gasteiger partial charge in [-0.3, -0.25) is 4.79 Å². The van der Waals surface area contributed by atoms with Crippen LogP contribution in [0.1, 0.15) is 24.8 Å². The Labute approximate surface area is 123 Å². The smallest absolute Gasteiger partial charge is 0.142 e. The molecule has 20 heavy (non-hydrogen) atoms. The summed E-state index contributed by atoms with van der Waals surface area (Å²) >= 11 is 5.83. The second-order valence-electron chi connectivity index (χ2n) is 5.00. The lowest BCUT2D eigenvalue weighted by Gasteiger charge is -2.22. The van der Waals surface area contributed by atoms with Gasteiger partial charge in [0.2, 0.25) is 0 Å². The minimum Gasteiger partial charge on any atom is -0.378 e. The van der Waals surface area contributed by atoms with Gasteiger partial charge in [-0.15, -0.1) is 0 Å². The molecule has 0 saturated carbocycles. The molecular weight excluding hydrogens is 281 g/mol. The maximum atomic E-state index is 13.3. The van der Waals surface area contributed by atoms with Crippen LogP contribution in [0, 0.1) is 5.82 Å². The van der Waals surface area contributed by atoms with Crippen molar-refractivity contribution in [2.24, 2.45) is 0 Å². The molecule has 1 N–H and O–H groups in total. The maximum absolute atomic E-state index is 13.3. The number of ether oxygens (including phenoxy) is 1. The van der Waals surface area contributed by atoms with Crippen molar-refractivity contribution in [3.8, 4) is 0 Å². The average molecular weight is 300 g/mol. The second-order valence-corrected chi connectivity index (χ2v) is 5.38. The van der Waals surface area contributed by atoms with Crippen molar-refractivity contribution in [3.63, 3.8) is 0 Å². The average Bonchev–Trinajstić information content (AvgIpc) is 2.45. The van der Waals surface area contributed by atoms with Gasteiger partial charge in [0.1, 0.15) is 11.6 Å². The van der Waals surface area contributed by atoms with Crippen molar-refractivity contribution in [2.75, 3.05) is 19.7 Å². The lowest BCUT2D eigenvalue weighted by Crippen LogP contribution is -2.32. The van der Waals surface area contributed by atoms with Crippen molar-refractivity contribution in [2.45, 2.75) is 31.8 Å². The van der Waals surface area contributed by atoms with Gasteiger partial charge >= 0.3 is 0 Å². The van der Waals surface area contributed by atoms with Gasteiger partial charge in [-0.1, -0.05) is 23.7 Å². The lowest BCUT2D eigenvalue weighted by molar-refractivity contribution is -0.120. The standard InChI is InChI=1S/C15H19ClFNO2/c16-15-11(2-1-3-14(15)17)10-12(19)6-9-20-13-4-7-18-8-5-13/h1-3,13,18H,4-10H2. The summed E-state index contributed by atoms with van der Waals surface area (Å²) < 4.78 is 18.9. The summed E-state index contributed by atoms with van der Waals surface area (Å²) in [7, 11) is 0.